The minimum atomic E-state index is -5.55. The van der Waals surface area contributed by atoms with Crippen molar-refractivity contribution in [1.29, 1.82) is 0 Å². The van der Waals surface area contributed by atoms with Gasteiger partial charge in [-0.25, -0.2) is 9.59 Å². The molecule has 0 saturated carbocycles. The lowest BCUT2D eigenvalue weighted by Gasteiger charge is -2.34. The number of hydrogen-bond donors (Lipinski definition) is 1. The van der Waals surface area contributed by atoms with E-state index in [-0.39, 0.29) is 0 Å². The van der Waals surface area contributed by atoms with Crippen LogP contribution in [0.1, 0.15) is 27.2 Å². The monoisotopic (exact) mass is 350 g/mol. The van der Waals surface area contributed by atoms with Crippen molar-refractivity contribution in [1.82, 2.24) is 0 Å². The molecule has 0 radical (unpaired) electrons. The van der Waals surface area contributed by atoms with Crippen LogP contribution in [0.5, 0.6) is 0 Å². The molecule has 1 unspecified atom stereocenters. The van der Waals surface area contributed by atoms with Crippen molar-refractivity contribution in [3.05, 3.63) is 12.2 Å². The molecule has 1 N–H and O–H groups in total. The van der Waals surface area contributed by atoms with Gasteiger partial charge in [0.15, 0.2) is 5.92 Å². The highest BCUT2D eigenvalue weighted by Gasteiger charge is 2.58. The molecule has 0 aliphatic rings. The minimum absolute atomic E-state index is 0.368. The second kappa shape index (κ2) is 7.22. The Bertz CT molecular complexity index is 445. The van der Waals surface area contributed by atoms with E-state index in [1.807, 2.05) is 0 Å². The zero-order valence-electron chi connectivity index (χ0n) is 12.5. The van der Waals surface area contributed by atoms with E-state index in [1.54, 1.807) is 0 Å². The molecule has 0 fully saturated rings. The second-order valence-electron chi connectivity index (χ2n) is 5.83. The third kappa shape index (κ3) is 7.89. The minimum Gasteiger partial charge on any atom is -0.478 e. The molecule has 0 bridgehead atoms. The number of carbonyl (C=O) groups is 2. The molecule has 0 spiro atoms. The van der Waals surface area contributed by atoms with Gasteiger partial charge in [-0.3, -0.25) is 0 Å². The van der Waals surface area contributed by atoms with Gasteiger partial charge in [0.2, 0.25) is 0 Å². The summed E-state index contributed by atoms with van der Waals surface area (Å²) >= 11 is 0. The molecule has 0 saturated heterocycles. The van der Waals surface area contributed by atoms with Crippen molar-refractivity contribution in [2.24, 2.45) is 11.3 Å². The molecule has 0 aliphatic carbocycles. The van der Waals surface area contributed by atoms with Crippen LogP contribution in [-0.2, 0) is 14.3 Å². The lowest BCUT2D eigenvalue weighted by atomic mass is 9.83. The lowest BCUT2D eigenvalue weighted by molar-refractivity contribution is -0.292. The maximum absolute atomic E-state index is 12.6. The first-order chi connectivity index (χ1) is 10.0. The van der Waals surface area contributed by atoms with Gasteiger partial charge in [-0.1, -0.05) is 20.8 Å². The summed E-state index contributed by atoms with van der Waals surface area (Å²) < 4.78 is 80.2. The summed E-state index contributed by atoms with van der Waals surface area (Å²) in [7, 11) is 0. The number of esters is 1. The third-order valence-electron chi connectivity index (χ3n) is 2.83. The Morgan fingerprint density at radius 1 is 1.00 bits per heavy atom. The van der Waals surface area contributed by atoms with Crippen LogP contribution in [-0.4, -0.2) is 35.5 Å². The van der Waals surface area contributed by atoms with E-state index >= 15 is 0 Å². The van der Waals surface area contributed by atoms with E-state index in [0.29, 0.717) is 12.2 Å². The molecule has 0 aromatic carbocycles. The number of ether oxygens (including phenoxy) is 1. The fraction of sp³-hybridized carbons (Fsp3) is 0.692. The molecule has 0 aliphatic heterocycles. The molecule has 0 rings (SSSR count). The Morgan fingerprint density at radius 2 is 1.43 bits per heavy atom. The van der Waals surface area contributed by atoms with Crippen LogP contribution in [0.15, 0.2) is 12.2 Å². The summed E-state index contributed by atoms with van der Waals surface area (Å²) in [5, 5.41) is 8.32. The summed E-state index contributed by atoms with van der Waals surface area (Å²) in [5.41, 5.74) is -1.22. The summed E-state index contributed by atoms with van der Waals surface area (Å²) in [4.78, 5) is 21.6. The van der Waals surface area contributed by atoms with Crippen LogP contribution in [0.2, 0.25) is 0 Å². The molecule has 0 aromatic rings. The standard InChI is InChI=1S/C13H16F6O4/c1-11(2,3)8(23-10(22)5-4-9(20)21)6-7(12(14,15)16)13(17,18)19/h4-5,7-8H,6H2,1-3H3,(H,20,21)/b5-4+. The topological polar surface area (TPSA) is 63.6 Å². The number of halogens is 6. The van der Waals surface area contributed by atoms with Gasteiger partial charge >= 0.3 is 24.3 Å². The van der Waals surface area contributed by atoms with Gasteiger partial charge < -0.3 is 9.84 Å². The Labute approximate surface area is 128 Å². The number of hydrogen-bond acceptors (Lipinski definition) is 3. The first-order valence-electron chi connectivity index (χ1n) is 6.30. The second-order valence-corrected chi connectivity index (χ2v) is 5.83. The average molecular weight is 350 g/mol. The molecule has 10 heteroatoms. The van der Waals surface area contributed by atoms with Crippen LogP contribution in [0, 0.1) is 11.3 Å². The van der Waals surface area contributed by atoms with Gasteiger partial charge in [0.05, 0.1) is 0 Å². The van der Waals surface area contributed by atoms with Crippen LogP contribution in [0.25, 0.3) is 0 Å². The van der Waals surface area contributed by atoms with E-state index < -0.39 is 48.1 Å². The zero-order valence-corrected chi connectivity index (χ0v) is 12.5. The number of aliphatic carboxylic acids is 1. The first-order valence-corrected chi connectivity index (χ1v) is 6.30. The predicted molar refractivity (Wildman–Crippen MR) is 66.3 cm³/mol. The van der Waals surface area contributed by atoms with E-state index in [9.17, 15) is 35.9 Å². The Kier molecular flexibility index (Phi) is 6.68. The van der Waals surface area contributed by atoms with Crippen LogP contribution < -0.4 is 0 Å². The van der Waals surface area contributed by atoms with Crippen molar-refractivity contribution >= 4 is 11.9 Å². The average Bonchev–Trinajstić information content (AvgIpc) is 2.26. The fourth-order valence-electron chi connectivity index (χ4n) is 1.56. The van der Waals surface area contributed by atoms with Crippen molar-refractivity contribution in [2.75, 3.05) is 0 Å². The predicted octanol–water partition coefficient (Wildman–Crippen LogP) is 3.72. The quantitative estimate of drug-likeness (QED) is 0.466. The Balaban J connectivity index is 5.35. The number of carboxylic acid groups (broad SMARTS) is 1. The molecule has 0 heterocycles. The van der Waals surface area contributed by atoms with Gasteiger partial charge in [0.1, 0.15) is 6.10 Å². The number of alkyl halides is 6. The van der Waals surface area contributed by atoms with Crippen molar-refractivity contribution in [3.63, 3.8) is 0 Å². The zero-order chi connectivity index (χ0) is 18.6. The van der Waals surface area contributed by atoms with Crippen molar-refractivity contribution < 1.29 is 45.8 Å². The number of carboxylic acids is 1. The number of carbonyl (C=O) groups excluding carboxylic acids is 1. The molecular weight excluding hydrogens is 334 g/mol. The highest BCUT2D eigenvalue weighted by atomic mass is 19.4. The van der Waals surface area contributed by atoms with Crippen molar-refractivity contribution in [2.45, 2.75) is 45.6 Å². The van der Waals surface area contributed by atoms with E-state index in [2.05, 4.69) is 4.74 Å². The molecule has 0 amide bonds. The third-order valence-corrected chi connectivity index (χ3v) is 2.83. The van der Waals surface area contributed by atoms with Crippen molar-refractivity contribution in [3.8, 4) is 0 Å². The highest BCUT2D eigenvalue weighted by molar-refractivity contribution is 5.90. The summed E-state index contributed by atoms with van der Waals surface area (Å²) in [6.45, 7) is 3.90. The lowest BCUT2D eigenvalue weighted by Crippen LogP contribution is -2.43. The van der Waals surface area contributed by atoms with E-state index in [4.69, 9.17) is 5.11 Å². The SMILES string of the molecule is CC(C)(C)C(CC(C(F)(F)F)C(F)(F)F)OC(=O)/C=C/C(=O)O. The number of rotatable bonds is 5. The van der Waals surface area contributed by atoms with E-state index in [0.717, 1.165) is 0 Å². The van der Waals surface area contributed by atoms with Crippen LogP contribution >= 0.6 is 0 Å². The Hall–Kier alpha value is -1.74. The van der Waals surface area contributed by atoms with Gasteiger partial charge in [-0.2, -0.15) is 26.3 Å². The molecule has 4 nitrogen and oxygen atoms in total. The highest BCUT2D eigenvalue weighted by Crippen LogP contribution is 2.44. The maximum Gasteiger partial charge on any atom is 0.400 e. The fourth-order valence-corrected chi connectivity index (χ4v) is 1.56. The normalized spacial score (nSPS) is 15.0. The van der Waals surface area contributed by atoms with Crippen LogP contribution in [0.3, 0.4) is 0 Å². The molecule has 134 valence electrons. The molecule has 23 heavy (non-hydrogen) atoms. The van der Waals surface area contributed by atoms with Gasteiger partial charge in [-0.05, 0) is 5.41 Å². The summed E-state index contributed by atoms with van der Waals surface area (Å²) in [5.74, 6) is -6.51. The Morgan fingerprint density at radius 3 is 1.74 bits per heavy atom. The van der Waals surface area contributed by atoms with Gasteiger partial charge in [0.25, 0.3) is 0 Å². The van der Waals surface area contributed by atoms with Gasteiger partial charge in [-0.15, -0.1) is 0 Å². The summed E-state index contributed by atoms with van der Waals surface area (Å²) in [6, 6.07) is 0. The van der Waals surface area contributed by atoms with Crippen LogP contribution in [0.4, 0.5) is 26.3 Å². The molecular formula is C13H16F6O4. The first kappa shape index (κ1) is 21.3. The maximum atomic E-state index is 12.6. The molecule has 0 aromatic heterocycles. The largest absolute Gasteiger partial charge is 0.478 e. The molecule has 1 atom stereocenters. The van der Waals surface area contributed by atoms with Gasteiger partial charge in [0, 0.05) is 18.6 Å². The van der Waals surface area contributed by atoms with E-state index in [1.165, 1.54) is 20.8 Å². The summed E-state index contributed by atoms with van der Waals surface area (Å²) in [6.07, 6.45) is -13.6. The smallest absolute Gasteiger partial charge is 0.400 e.